The van der Waals surface area contributed by atoms with Crippen LogP contribution in [0.5, 0.6) is 0 Å². The Balaban J connectivity index is 1.76. The minimum Gasteiger partial charge on any atom is -0.474 e. The molecule has 0 N–H and O–H groups in total. The van der Waals surface area contributed by atoms with Crippen molar-refractivity contribution in [3.8, 4) is 0 Å². The fraction of sp³-hybridized carbons (Fsp3) is 0.391. The lowest BCUT2D eigenvalue weighted by Gasteiger charge is -2.44. The molecule has 4 heteroatoms. The lowest BCUT2D eigenvalue weighted by Crippen LogP contribution is -2.48. The molecule has 1 saturated heterocycles. The van der Waals surface area contributed by atoms with Crippen LogP contribution in [-0.4, -0.2) is 30.6 Å². The Morgan fingerprint density at radius 1 is 0.852 bits per heavy atom. The number of likely N-dealkylation sites (tertiary alicyclic amines) is 1. The van der Waals surface area contributed by atoms with Gasteiger partial charge >= 0.3 is 0 Å². The van der Waals surface area contributed by atoms with E-state index in [1.807, 2.05) is 60.7 Å². The van der Waals surface area contributed by atoms with E-state index in [4.69, 9.17) is 4.74 Å². The van der Waals surface area contributed by atoms with Crippen molar-refractivity contribution in [1.82, 2.24) is 4.90 Å². The fourth-order valence-electron chi connectivity index (χ4n) is 4.24. The Bertz CT molecular complexity index is 756. The maximum atomic E-state index is 14.2. The monoisotopic (exact) mass is 369 g/mol. The molecule has 0 radical (unpaired) electrons. The first-order valence-electron chi connectivity index (χ1n) is 9.75. The molecule has 4 rings (SSSR count). The summed E-state index contributed by atoms with van der Waals surface area (Å²) in [5.74, 6) is -0.677. The minimum absolute atomic E-state index is 0.369. The van der Waals surface area contributed by atoms with Crippen molar-refractivity contribution in [2.24, 2.45) is 5.92 Å². The molecule has 2 aliphatic rings. The SMILES string of the molecule is FC(F)[C@@H]1C=C(c2ccccc2)O[C@H](N2CCCCC2)[C@H]1c1ccccc1. The summed E-state index contributed by atoms with van der Waals surface area (Å²) in [4.78, 5) is 2.26. The minimum atomic E-state index is -2.44. The van der Waals surface area contributed by atoms with Crippen molar-refractivity contribution < 1.29 is 13.5 Å². The fourth-order valence-corrected chi connectivity index (χ4v) is 4.24. The molecule has 0 aromatic heterocycles. The summed E-state index contributed by atoms with van der Waals surface area (Å²) in [5.41, 5.74) is 1.78. The van der Waals surface area contributed by atoms with Gasteiger partial charge in [-0.1, -0.05) is 67.1 Å². The van der Waals surface area contributed by atoms with Crippen molar-refractivity contribution in [2.75, 3.05) is 13.1 Å². The van der Waals surface area contributed by atoms with Crippen molar-refractivity contribution in [2.45, 2.75) is 37.8 Å². The Labute approximate surface area is 159 Å². The van der Waals surface area contributed by atoms with Crippen LogP contribution in [0.25, 0.3) is 5.76 Å². The molecule has 0 spiro atoms. The van der Waals surface area contributed by atoms with Crippen molar-refractivity contribution >= 4 is 5.76 Å². The molecule has 2 aliphatic heterocycles. The van der Waals surface area contributed by atoms with Gasteiger partial charge in [-0.2, -0.15) is 0 Å². The Morgan fingerprint density at radius 3 is 2.11 bits per heavy atom. The Morgan fingerprint density at radius 2 is 1.48 bits per heavy atom. The highest BCUT2D eigenvalue weighted by Crippen LogP contribution is 2.43. The van der Waals surface area contributed by atoms with Gasteiger partial charge in [-0.25, -0.2) is 8.78 Å². The van der Waals surface area contributed by atoms with Crippen LogP contribution in [-0.2, 0) is 4.74 Å². The first kappa shape index (κ1) is 18.2. The zero-order valence-electron chi connectivity index (χ0n) is 15.3. The average molecular weight is 369 g/mol. The number of benzene rings is 2. The second-order valence-electron chi connectivity index (χ2n) is 7.35. The molecule has 3 atom stereocenters. The van der Waals surface area contributed by atoms with Crippen LogP contribution in [0, 0.1) is 5.92 Å². The van der Waals surface area contributed by atoms with E-state index in [-0.39, 0.29) is 12.1 Å². The van der Waals surface area contributed by atoms with Crippen LogP contribution < -0.4 is 0 Å². The predicted octanol–water partition coefficient (Wildman–Crippen LogP) is 5.53. The van der Waals surface area contributed by atoms with E-state index in [9.17, 15) is 8.78 Å². The number of piperidine rings is 1. The maximum Gasteiger partial charge on any atom is 0.245 e. The van der Waals surface area contributed by atoms with Gasteiger partial charge in [-0.15, -0.1) is 0 Å². The third kappa shape index (κ3) is 3.91. The zero-order valence-corrected chi connectivity index (χ0v) is 15.3. The average Bonchev–Trinajstić information content (AvgIpc) is 2.74. The third-order valence-electron chi connectivity index (χ3n) is 5.60. The van der Waals surface area contributed by atoms with Gasteiger partial charge in [0, 0.05) is 24.6 Å². The number of allylic oxidation sites excluding steroid dienone is 1. The van der Waals surface area contributed by atoms with Crippen LogP contribution in [0.4, 0.5) is 8.78 Å². The molecule has 1 fully saturated rings. The molecular weight excluding hydrogens is 344 g/mol. The van der Waals surface area contributed by atoms with Crippen molar-refractivity contribution in [3.63, 3.8) is 0 Å². The number of alkyl halides is 2. The molecule has 2 aromatic carbocycles. The predicted molar refractivity (Wildman–Crippen MR) is 103 cm³/mol. The molecule has 2 heterocycles. The molecule has 2 nitrogen and oxygen atoms in total. The Hall–Kier alpha value is -2.20. The van der Waals surface area contributed by atoms with E-state index in [0.717, 1.165) is 37.1 Å². The van der Waals surface area contributed by atoms with E-state index in [2.05, 4.69) is 4.90 Å². The van der Waals surface area contributed by atoms with Crippen LogP contribution in [0.2, 0.25) is 0 Å². The number of halogens is 2. The molecule has 0 bridgehead atoms. The van der Waals surface area contributed by atoms with Crippen LogP contribution >= 0.6 is 0 Å². The van der Waals surface area contributed by atoms with E-state index in [0.29, 0.717) is 5.76 Å². The molecule has 0 unspecified atom stereocenters. The lowest BCUT2D eigenvalue weighted by atomic mass is 9.81. The largest absolute Gasteiger partial charge is 0.474 e. The smallest absolute Gasteiger partial charge is 0.245 e. The number of hydrogen-bond donors (Lipinski definition) is 0. The van der Waals surface area contributed by atoms with Crippen LogP contribution in [0.15, 0.2) is 66.7 Å². The van der Waals surface area contributed by atoms with E-state index < -0.39 is 12.3 Å². The highest BCUT2D eigenvalue weighted by molar-refractivity contribution is 5.61. The number of ether oxygens (including phenoxy) is 1. The second kappa shape index (κ2) is 8.22. The number of hydrogen-bond acceptors (Lipinski definition) is 2. The first-order chi connectivity index (χ1) is 13.2. The first-order valence-corrected chi connectivity index (χ1v) is 9.75. The zero-order chi connectivity index (χ0) is 18.6. The summed E-state index contributed by atoms with van der Waals surface area (Å²) in [6.07, 6.45) is 2.20. The van der Waals surface area contributed by atoms with Crippen molar-refractivity contribution in [3.05, 3.63) is 77.9 Å². The molecule has 27 heavy (non-hydrogen) atoms. The normalized spacial score (nSPS) is 26.5. The highest BCUT2D eigenvalue weighted by atomic mass is 19.3. The number of nitrogens with zero attached hydrogens (tertiary/aromatic N) is 1. The van der Waals surface area contributed by atoms with Crippen LogP contribution in [0.1, 0.15) is 36.3 Å². The summed E-state index contributed by atoms with van der Waals surface area (Å²) in [7, 11) is 0. The quantitative estimate of drug-likeness (QED) is 0.702. The summed E-state index contributed by atoms with van der Waals surface area (Å²) >= 11 is 0. The van der Waals surface area contributed by atoms with E-state index in [1.54, 1.807) is 6.08 Å². The topological polar surface area (TPSA) is 12.5 Å². The second-order valence-corrected chi connectivity index (χ2v) is 7.35. The maximum absolute atomic E-state index is 14.2. The van der Waals surface area contributed by atoms with Gasteiger partial charge in [-0.3, -0.25) is 4.90 Å². The van der Waals surface area contributed by atoms with Gasteiger partial charge in [0.25, 0.3) is 0 Å². The number of rotatable bonds is 4. The molecule has 2 aromatic rings. The lowest BCUT2D eigenvalue weighted by molar-refractivity contribution is -0.0651. The van der Waals surface area contributed by atoms with Crippen molar-refractivity contribution in [1.29, 1.82) is 0 Å². The summed E-state index contributed by atoms with van der Waals surface area (Å²) < 4.78 is 34.7. The third-order valence-corrected chi connectivity index (χ3v) is 5.60. The van der Waals surface area contributed by atoms with Gasteiger partial charge in [0.05, 0.1) is 5.92 Å². The summed E-state index contributed by atoms with van der Waals surface area (Å²) in [6, 6.07) is 19.2. The molecular formula is C23H25F2NO. The Kier molecular flexibility index (Phi) is 5.53. The highest BCUT2D eigenvalue weighted by Gasteiger charge is 2.43. The standard InChI is InChI=1S/C23H25F2NO/c24-22(25)19-16-20(17-10-4-1-5-11-17)27-23(26-14-8-3-9-15-26)21(19)18-12-6-2-7-13-18/h1-2,4-7,10-13,16,19,21-23H,3,8-9,14-15H2/t19-,21+,23+/m1/s1. The van der Waals surface area contributed by atoms with Gasteiger partial charge in [0.2, 0.25) is 6.43 Å². The van der Waals surface area contributed by atoms with E-state index in [1.165, 1.54) is 6.42 Å². The van der Waals surface area contributed by atoms with Crippen LogP contribution in [0.3, 0.4) is 0 Å². The molecule has 0 saturated carbocycles. The molecule has 0 amide bonds. The van der Waals surface area contributed by atoms with Gasteiger partial charge in [-0.05, 0) is 24.5 Å². The summed E-state index contributed by atoms with van der Waals surface area (Å²) in [6.45, 7) is 1.79. The van der Waals surface area contributed by atoms with E-state index >= 15 is 0 Å². The summed E-state index contributed by atoms with van der Waals surface area (Å²) in [5, 5.41) is 0. The molecule has 142 valence electrons. The molecule has 0 aliphatic carbocycles. The van der Waals surface area contributed by atoms with Gasteiger partial charge in [0.1, 0.15) is 5.76 Å². The van der Waals surface area contributed by atoms with Gasteiger partial charge < -0.3 is 4.74 Å². The van der Waals surface area contributed by atoms with Gasteiger partial charge in [0.15, 0.2) is 6.23 Å².